The van der Waals surface area contributed by atoms with Crippen LogP contribution in [0.1, 0.15) is 34.3 Å². The number of aromatic nitrogens is 1. The molecule has 0 aliphatic heterocycles. The second kappa shape index (κ2) is 12.9. The highest BCUT2D eigenvalue weighted by Crippen LogP contribution is 2.29. The monoisotopic (exact) mass is 546 g/mol. The van der Waals surface area contributed by atoms with Gasteiger partial charge in [-0.05, 0) is 61.2 Å². The van der Waals surface area contributed by atoms with Crippen LogP contribution in [0.3, 0.4) is 0 Å². The highest BCUT2D eigenvalue weighted by molar-refractivity contribution is 8.00. The summed E-state index contributed by atoms with van der Waals surface area (Å²) in [4.78, 5) is 40.4. The van der Waals surface area contributed by atoms with E-state index >= 15 is 0 Å². The number of thiophene rings is 1. The van der Waals surface area contributed by atoms with Crippen molar-refractivity contribution in [2.45, 2.75) is 30.4 Å². The van der Waals surface area contributed by atoms with Crippen LogP contribution in [0.15, 0.2) is 93.3 Å². The first-order valence-electron chi connectivity index (χ1n) is 11.8. The van der Waals surface area contributed by atoms with E-state index in [-0.39, 0.29) is 22.8 Å². The van der Waals surface area contributed by atoms with E-state index in [1.54, 1.807) is 61.5 Å². The summed E-state index contributed by atoms with van der Waals surface area (Å²) in [6.07, 6.45) is 2.23. The third-order valence-electron chi connectivity index (χ3n) is 5.27. The number of benzene rings is 2. The van der Waals surface area contributed by atoms with Crippen molar-refractivity contribution in [1.82, 2.24) is 10.5 Å². The zero-order valence-electron chi connectivity index (χ0n) is 20.8. The Morgan fingerprint density at radius 2 is 1.84 bits per heavy atom. The van der Waals surface area contributed by atoms with E-state index in [0.717, 1.165) is 9.77 Å². The first kappa shape index (κ1) is 26.9. The van der Waals surface area contributed by atoms with Gasteiger partial charge in [0, 0.05) is 27.1 Å². The van der Waals surface area contributed by atoms with Gasteiger partial charge in [-0.25, -0.2) is 0 Å². The molecule has 1 atom stereocenters. The molecular weight excluding hydrogens is 520 g/mol. The lowest BCUT2D eigenvalue weighted by Crippen LogP contribution is -2.30. The fourth-order valence-electron chi connectivity index (χ4n) is 3.42. The minimum Gasteiger partial charge on any atom is -0.360 e. The number of rotatable bonds is 10. The number of hydrogen-bond donors (Lipinski definition) is 3. The molecule has 0 aliphatic carbocycles. The Balaban J connectivity index is 1.46. The molecule has 0 saturated heterocycles. The standard InChI is InChI=1S/C28H26N4O4S2/c1-3-24(28(35)31-25-15-18(2)36-32-25)38-22-12-7-11-20(16-22)29-27(34)23(17-21-13-8-14-37-21)30-26(33)19-9-5-4-6-10-19/h4-17,24H,3H2,1-2H3,(H,29,34)(H,30,33)(H,31,32,35)/b23-17-. The Morgan fingerprint density at radius 3 is 2.53 bits per heavy atom. The van der Waals surface area contributed by atoms with Gasteiger partial charge in [-0.3, -0.25) is 14.4 Å². The molecule has 2 aromatic heterocycles. The predicted octanol–water partition coefficient (Wildman–Crippen LogP) is 5.96. The first-order valence-corrected chi connectivity index (χ1v) is 13.6. The molecule has 8 nitrogen and oxygen atoms in total. The van der Waals surface area contributed by atoms with Crippen molar-refractivity contribution in [3.63, 3.8) is 0 Å². The molecule has 2 heterocycles. The SMILES string of the molecule is CCC(Sc1cccc(NC(=O)/C(=C/c2cccs2)NC(=O)c2ccccc2)c1)C(=O)Nc1cc(C)on1. The quantitative estimate of drug-likeness (QED) is 0.167. The maximum Gasteiger partial charge on any atom is 0.272 e. The molecule has 3 N–H and O–H groups in total. The highest BCUT2D eigenvalue weighted by Gasteiger charge is 2.20. The van der Waals surface area contributed by atoms with Crippen LogP contribution in [0.5, 0.6) is 0 Å². The lowest BCUT2D eigenvalue weighted by molar-refractivity contribution is -0.116. The van der Waals surface area contributed by atoms with E-state index in [1.807, 2.05) is 36.6 Å². The summed E-state index contributed by atoms with van der Waals surface area (Å²) < 4.78 is 5.01. The molecule has 0 saturated carbocycles. The molecular formula is C28H26N4O4S2. The Kier molecular flexibility index (Phi) is 9.12. The van der Waals surface area contributed by atoms with Crippen LogP contribution in [0, 0.1) is 6.92 Å². The largest absolute Gasteiger partial charge is 0.360 e. The van der Waals surface area contributed by atoms with Crippen LogP contribution in [0.2, 0.25) is 0 Å². The molecule has 0 radical (unpaired) electrons. The predicted molar refractivity (Wildman–Crippen MR) is 151 cm³/mol. The van der Waals surface area contributed by atoms with Crippen molar-refractivity contribution in [1.29, 1.82) is 0 Å². The molecule has 3 amide bonds. The third-order valence-corrected chi connectivity index (χ3v) is 7.45. The van der Waals surface area contributed by atoms with Gasteiger partial charge >= 0.3 is 0 Å². The zero-order chi connectivity index (χ0) is 26.9. The molecule has 0 spiro atoms. The van der Waals surface area contributed by atoms with Gasteiger partial charge in [0.2, 0.25) is 5.91 Å². The number of aryl methyl sites for hydroxylation is 1. The molecule has 0 bridgehead atoms. The molecule has 4 aromatic rings. The molecule has 0 aliphatic rings. The molecule has 38 heavy (non-hydrogen) atoms. The smallest absolute Gasteiger partial charge is 0.272 e. The van der Waals surface area contributed by atoms with Crippen LogP contribution in [0.25, 0.3) is 6.08 Å². The Bertz CT molecular complexity index is 1430. The molecule has 4 rings (SSSR count). The van der Waals surface area contributed by atoms with Gasteiger partial charge in [-0.1, -0.05) is 42.4 Å². The van der Waals surface area contributed by atoms with E-state index in [9.17, 15) is 14.4 Å². The highest BCUT2D eigenvalue weighted by atomic mass is 32.2. The summed E-state index contributed by atoms with van der Waals surface area (Å²) in [7, 11) is 0. The average Bonchev–Trinajstić information content (AvgIpc) is 3.59. The van der Waals surface area contributed by atoms with Gasteiger partial charge in [-0.2, -0.15) is 0 Å². The lowest BCUT2D eigenvalue weighted by Gasteiger charge is -2.15. The fourth-order valence-corrected chi connectivity index (χ4v) is 5.09. The average molecular weight is 547 g/mol. The molecule has 2 aromatic carbocycles. The third kappa shape index (κ3) is 7.44. The minimum absolute atomic E-state index is 0.119. The lowest BCUT2D eigenvalue weighted by atomic mass is 10.2. The first-order chi connectivity index (χ1) is 18.4. The van der Waals surface area contributed by atoms with Crippen molar-refractivity contribution in [2.75, 3.05) is 10.6 Å². The van der Waals surface area contributed by atoms with Crippen molar-refractivity contribution in [3.05, 3.63) is 100 Å². The number of nitrogens with zero attached hydrogens (tertiary/aromatic N) is 1. The van der Waals surface area contributed by atoms with Gasteiger partial charge < -0.3 is 20.5 Å². The second-order valence-corrected chi connectivity index (χ2v) is 10.5. The van der Waals surface area contributed by atoms with Gasteiger partial charge in [0.25, 0.3) is 11.8 Å². The molecule has 10 heteroatoms. The maximum atomic E-state index is 13.2. The summed E-state index contributed by atoms with van der Waals surface area (Å²) in [5, 5.41) is 13.7. The molecule has 0 fully saturated rings. The number of carbonyl (C=O) groups excluding carboxylic acids is 3. The summed E-state index contributed by atoms with van der Waals surface area (Å²) in [5.41, 5.74) is 1.10. The molecule has 1 unspecified atom stereocenters. The Hall–Kier alpha value is -4.15. The van der Waals surface area contributed by atoms with Crippen LogP contribution in [-0.2, 0) is 9.59 Å². The Morgan fingerprint density at radius 1 is 1.03 bits per heavy atom. The summed E-state index contributed by atoms with van der Waals surface area (Å²) >= 11 is 2.83. The van der Waals surface area contributed by atoms with Crippen LogP contribution in [0.4, 0.5) is 11.5 Å². The number of nitrogens with one attached hydrogen (secondary N) is 3. The summed E-state index contributed by atoms with van der Waals surface area (Å²) in [5.74, 6) is -0.0555. The minimum atomic E-state index is -0.462. The number of amides is 3. The van der Waals surface area contributed by atoms with Crippen molar-refractivity contribution < 1.29 is 18.9 Å². The van der Waals surface area contributed by atoms with E-state index in [0.29, 0.717) is 29.2 Å². The van der Waals surface area contributed by atoms with Gasteiger partial charge in [0.1, 0.15) is 11.5 Å². The van der Waals surface area contributed by atoms with Gasteiger partial charge in [0.05, 0.1) is 5.25 Å². The van der Waals surface area contributed by atoms with Crippen molar-refractivity contribution in [2.24, 2.45) is 0 Å². The van der Waals surface area contributed by atoms with Gasteiger partial charge in [0.15, 0.2) is 5.82 Å². The number of anilines is 2. The normalized spacial score (nSPS) is 12.0. The zero-order valence-corrected chi connectivity index (χ0v) is 22.4. The fraction of sp³-hybridized carbons (Fsp3) is 0.143. The van der Waals surface area contributed by atoms with Crippen LogP contribution >= 0.6 is 23.1 Å². The second-order valence-electron chi connectivity index (χ2n) is 8.20. The maximum absolute atomic E-state index is 13.2. The topological polar surface area (TPSA) is 113 Å². The van der Waals surface area contributed by atoms with Gasteiger partial charge in [-0.15, -0.1) is 23.1 Å². The van der Waals surface area contributed by atoms with E-state index in [2.05, 4.69) is 21.1 Å². The van der Waals surface area contributed by atoms with E-state index < -0.39 is 5.91 Å². The summed E-state index contributed by atoms with van der Waals surface area (Å²) in [6, 6.07) is 21.3. The van der Waals surface area contributed by atoms with E-state index in [4.69, 9.17) is 4.52 Å². The number of hydrogen-bond acceptors (Lipinski definition) is 7. The number of carbonyl (C=O) groups is 3. The molecule has 194 valence electrons. The van der Waals surface area contributed by atoms with Crippen LogP contribution < -0.4 is 16.0 Å². The number of thioether (sulfide) groups is 1. The van der Waals surface area contributed by atoms with Crippen LogP contribution in [-0.4, -0.2) is 28.1 Å². The van der Waals surface area contributed by atoms with Crippen molar-refractivity contribution in [3.8, 4) is 0 Å². The summed E-state index contributed by atoms with van der Waals surface area (Å²) in [6.45, 7) is 3.68. The Labute approximate surface area is 228 Å². The van der Waals surface area contributed by atoms with E-state index in [1.165, 1.54) is 23.1 Å². The van der Waals surface area contributed by atoms with Crippen molar-refractivity contribution >= 4 is 58.4 Å².